The van der Waals surface area contributed by atoms with Gasteiger partial charge in [-0.1, -0.05) is 46.7 Å². The minimum atomic E-state index is -0.0425. The Morgan fingerprint density at radius 2 is 2.14 bits per heavy atom. The fraction of sp³-hybridized carbons (Fsp3) is 0.333. The van der Waals surface area contributed by atoms with E-state index in [2.05, 4.69) is 45.7 Å². The third-order valence-corrected chi connectivity index (χ3v) is 5.53. The summed E-state index contributed by atoms with van der Waals surface area (Å²) in [7, 11) is 0. The maximum absolute atomic E-state index is 12.2. The number of imidazole rings is 1. The summed E-state index contributed by atoms with van der Waals surface area (Å²) in [6, 6.07) is 8.11. The van der Waals surface area contributed by atoms with E-state index in [1.54, 1.807) is 12.5 Å². The summed E-state index contributed by atoms with van der Waals surface area (Å²) >= 11 is 9.04. The van der Waals surface area contributed by atoms with E-state index in [9.17, 15) is 4.79 Å². The van der Waals surface area contributed by atoms with Gasteiger partial charge in [0.15, 0.2) is 5.12 Å². The van der Waals surface area contributed by atoms with Gasteiger partial charge in [-0.05, 0) is 17.7 Å². The first kappa shape index (κ1) is 16.6. The molecule has 1 heterocycles. The number of hydrogen-bond donors (Lipinski definition) is 1. The molecule has 0 aliphatic heterocycles. The van der Waals surface area contributed by atoms with Crippen molar-refractivity contribution in [3.8, 4) is 0 Å². The van der Waals surface area contributed by atoms with Crippen LogP contribution in [0.3, 0.4) is 0 Å². The van der Waals surface area contributed by atoms with Gasteiger partial charge < -0.3 is 4.57 Å². The van der Waals surface area contributed by atoms with Crippen LogP contribution in [0.4, 0.5) is 0 Å². The molecule has 1 aromatic heterocycles. The Morgan fingerprint density at radius 3 is 2.71 bits per heavy atom. The fourth-order valence-electron chi connectivity index (χ4n) is 1.81. The average Bonchev–Trinajstić information content (AvgIpc) is 2.99. The number of benzene rings is 1. The lowest BCUT2D eigenvalue weighted by Gasteiger charge is -2.18. The van der Waals surface area contributed by atoms with Crippen molar-refractivity contribution in [2.45, 2.75) is 18.7 Å². The number of carbonyl (C=O) groups is 1. The number of thiol groups is 1. The van der Waals surface area contributed by atoms with Crippen LogP contribution in [0.2, 0.25) is 0 Å². The molecule has 0 aliphatic carbocycles. The minimum absolute atomic E-state index is 0.0425. The highest BCUT2D eigenvalue weighted by molar-refractivity contribution is 9.10. The highest BCUT2D eigenvalue weighted by atomic mass is 79.9. The molecule has 0 spiro atoms. The Kier molecular flexibility index (Phi) is 6.39. The second kappa shape index (κ2) is 8.06. The first-order chi connectivity index (χ1) is 10.1. The molecule has 0 aliphatic rings. The van der Waals surface area contributed by atoms with Crippen molar-refractivity contribution in [1.82, 2.24) is 9.55 Å². The molecule has 2 rings (SSSR count). The van der Waals surface area contributed by atoms with Crippen LogP contribution in [-0.4, -0.2) is 20.4 Å². The molecule has 0 bridgehead atoms. The largest absolute Gasteiger partial charge is 0.336 e. The first-order valence-corrected chi connectivity index (χ1v) is 8.93. The Morgan fingerprint density at radius 1 is 1.43 bits per heavy atom. The van der Waals surface area contributed by atoms with Crippen molar-refractivity contribution in [1.29, 1.82) is 0 Å². The van der Waals surface area contributed by atoms with Crippen molar-refractivity contribution < 1.29 is 4.79 Å². The summed E-state index contributed by atoms with van der Waals surface area (Å²) in [6.45, 7) is 2.63. The van der Waals surface area contributed by atoms with Gasteiger partial charge in [0.25, 0.3) is 0 Å². The van der Waals surface area contributed by atoms with Gasteiger partial charge in [0, 0.05) is 35.1 Å². The molecule has 2 atom stereocenters. The van der Waals surface area contributed by atoms with Crippen molar-refractivity contribution in [2.24, 2.45) is 5.92 Å². The molecular formula is C15H17BrN2OS2. The summed E-state index contributed by atoms with van der Waals surface area (Å²) < 4.78 is 3.03. The van der Waals surface area contributed by atoms with Gasteiger partial charge >= 0.3 is 0 Å². The molecule has 1 aromatic carbocycles. The van der Waals surface area contributed by atoms with E-state index < -0.39 is 0 Å². The zero-order valence-corrected chi connectivity index (χ0v) is 14.9. The standard InChI is InChI=1S/C15H17BrN2OS2/c1-11(9-20)15(19)21-14(8-18-7-6-17-10-18)12-2-4-13(16)5-3-12/h2-7,10-11,14,20H,8-9H2,1H3. The van der Waals surface area contributed by atoms with Gasteiger partial charge in [-0.25, -0.2) is 4.98 Å². The van der Waals surface area contributed by atoms with Crippen LogP contribution >= 0.6 is 40.3 Å². The van der Waals surface area contributed by atoms with E-state index >= 15 is 0 Å². The summed E-state index contributed by atoms with van der Waals surface area (Å²) in [5.74, 6) is 0.531. The maximum Gasteiger partial charge on any atom is 0.193 e. The molecule has 112 valence electrons. The van der Waals surface area contributed by atoms with E-state index in [4.69, 9.17) is 0 Å². The average molecular weight is 385 g/mol. The number of thioether (sulfide) groups is 1. The Bertz CT molecular complexity index is 572. The quantitative estimate of drug-likeness (QED) is 0.757. The van der Waals surface area contributed by atoms with Crippen LogP contribution in [0, 0.1) is 5.92 Å². The van der Waals surface area contributed by atoms with Crippen LogP contribution in [0.1, 0.15) is 17.7 Å². The van der Waals surface area contributed by atoms with E-state index in [0.717, 1.165) is 16.6 Å². The monoisotopic (exact) mass is 384 g/mol. The predicted molar refractivity (Wildman–Crippen MR) is 94.7 cm³/mol. The molecule has 3 nitrogen and oxygen atoms in total. The van der Waals surface area contributed by atoms with Gasteiger partial charge in [-0.15, -0.1) is 0 Å². The predicted octanol–water partition coefficient (Wildman–Crippen LogP) is 4.21. The second-order valence-electron chi connectivity index (χ2n) is 4.82. The van der Waals surface area contributed by atoms with Crippen molar-refractivity contribution in [3.63, 3.8) is 0 Å². The van der Waals surface area contributed by atoms with Gasteiger partial charge in [0.05, 0.1) is 11.6 Å². The number of aromatic nitrogens is 2. The van der Waals surface area contributed by atoms with Gasteiger partial charge in [-0.3, -0.25) is 4.79 Å². The highest BCUT2D eigenvalue weighted by Gasteiger charge is 2.21. The summed E-state index contributed by atoms with van der Waals surface area (Å²) in [6.07, 6.45) is 5.44. The number of rotatable bonds is 6. The molecule has 2 aromatic rings. The number of carbonyl (C=O) groups excluding carboxylic acids is 1. The second-order valence-corrected chi connectivity index (χ2v) is 7.31. The van der Waals surface area contributed by atoms with Crippen molar-refractivity contribution in [3.05, 3.63) is 53.0 Å². The minimum Gasteiger partial charge on any atom is -0.336 e. The number of nitrogens with zero attached hydrogens (tertiary/aromatic N) is 2. The van der Waals surface area contributed by atoms with Crippen LogP contribution in [0.15, 0.2) is 47.5 Å². The zero-order chi connectivity index (χ0) is 15.2. The van der Waals surface area contributed by atoms with Crippen molar-refractivity contribution in [2.75, 3.05) is 5.75 Å². The molecule has 0 amide bonds. The molecule has 2 unspecified atom stereocenters. The van der Waals surface area contributed by atoms with Crippen molar-refractivity contribution >= 4 is 45.4 Å². The molecule has 0 saturated heterocycles. The summed E-state index contributed by atoms with van der Waals surface area (Å²) in [4.78, 5) is 16.3. The third-order valence-electron chi connectivity index (χ3n) is 3.11. The topological polar surface area (TPSA) is 34.9 Å². The maximum atomic E-state index is 12.2. The third kappa shape index (κ3) is 4.90. The highest BCUT2D eigenvalue weighted by Crippen LogP contribution is 2.33. The summed E-state index contributed by atoms with van der Waals surface area (Å²) in [5.41, 5.74) is 1.14. The zero-order valence-electron chi connectivity index (χ0n) is 11.6. The number of halogens is 1. The molecule has 21 heavy (non-hydrogen) atoms. The molecular weight excluding hydrogens is 368 g/mol. The van der Waals surface area contributed by atoms with Gasteiger partial charge in [0.1, 0.15) is 0 Å². The lowest BCUT2D eigenvalue weighted by atomic mass is 10.1. The van der Waals surface area contributed by atoms with Gasteiger partial charge in [0.2, 0.25) is 0 Å². The molecule has 0 fully saturated rings. The van der Waals surface area contributed by atoms with Gasteiger partial charge in [-0.2, -0.15) is 12.6 Å². The van der Waals surface area contributed by atoms with E-state index in [1.807, 2.05) is 29.8 Å². The molecule has 6 heteroatoms. The Hall–Kier alpha value is -0.720. The Balaban J connectivity index is 2.17. The number of hydrogen-bond acceptors (Lipinski definition) is 4. The van der Waals surface area contributed by atoms with Crippen LogP contribution in [0.5, 0.6) is 0 Å². The lowest BCUT2D eigenvalue weighted by Crippen LogP contribution is -2.13. The smallest absolute Gasteiger partial charge is 0.193 e. The van der Waals surface area contributed by atoms with E-state index in [-0.39, 0.29) is 16.3 Å². The van der Waals surface area contributed by atoms with Crippen LogP contribution in [0.25, 0.3) is 0 Å². The lowest BCUT2D eigenvalue weighted by molar-refractivity contribution is -0.113. The molecule has 0 radical (unpaired) electrons. The molecule has 0 saturated carbocycles. The molecule has 0 N–H and O–H groups in total. The summed E-state index contributed by atoms with van der Waals surface area (Å²) in [5, 5.41) is 0.250. The SMILES string of the molecule is CC(CS)C(=O)SC(Cn1ccnc1)c1ccc(Br)cc1. The van der Waals surface area contributed by atoms with E-state index in [0.29, 0.717) is 5.75 Å². The van der Waals surface area contributed by atoms with E-state index in [1.165, 1.54) is 11.8 Å². The fourth-order valence-corrected chi connectivity index (χ4v) is 3.49. The first-order valence-electron chi connectivity index (χ1n) is 6.62. The normalized spacial score (nSPS) is 13.9. The van der Waals surface area contributed by atoms with Crippen LogP contribution in [-0.2, 0) is 11.3 Å². The Labute approximate surface area is 143 Å². The van der Waals surface area contributed by atoms with Crippen LogP contribution < -0.4 is 0 Å².